The molecule has 0 radical (unpaired) electrons. The highest BCUT2D eigenvalue weighted by molar-refractivity contribution is 6.04. The fourth-order valence-electron chi connectivity index (χ4n) is 10.2. The minimum absolute atomic E-state index is 0.0213. The number of aldehydes is 1. The monoisotopic (exact) mass is 878 g/mol. The van der Waals surface area contributed by atoms with Crippen molar-refractivity contribution in [2.24, 2.45) is 22.9 Å². The first-order valence-corrected chi connectivity index (χ1v) is 22.6. The number of benzene rings is 5. The van der Waals surface area contributed by atoms with Crippen molar-refractivity contribution in [2.75, 3.05) is 34.0 Å². The number of unbranched alkanes of at least 4 members (excludes halogenated alkanes) is 2. The van der Waals surface area contributed by atoms with E-state index in [-0.39, 0.29) is 56.5 Å². The van der Waals surface area contributed by atoms with Gasteiger partial charge in [0.15, 0.2) is 6.29 Å². The van der Waals surface area contributed by atoms with E-state index in [2.05, 4.69) is 12.7 Å². The van der Waals surface area contributed by atoms with Crippen LogP contribution in [-0.2, 0) is 16.2 Å². The SMILES string of the molecule is C=CCOC12Oc3ccc(Oc4ccc(OC)c(C=O)c4)cc3C3C(CCCCO)C(CCCCO)C=C(C(=NOCc4ccccc4)CC1N(C)C(=O)c1ccc4ccccc4c1)C32. The van der Waals surface area contributed by atoms with Crippen molar-refractivity contribution >= 4 is 28.7 Å². The van der Waals surface area contributed by atoms with Crippen LogP contribution in [0.1, 0.15) is 82.7 Å². The van der Waals surface area contributed by atoms with E-state index in [9.17, 15) is 19.8 Å². The second kappa shape index (κ2) is 20.7. The molecular formula is C54H58N2O9. The van der Waals surface area contributed by atoms with E-state index in [1.54, 1.807) is 29.2 Å². The van der Waals surface area contributed by atoms with Crippen LogP contribution in [0.4, 0.5) is 0 Å². The maximum Gasteiger partial charge on any atom is 0.254 e. The third-order valence-electron chi connectivity index (χ3n) is 13.2. The number of amides is 1. The summed E-state index contributed by atoms with van der Waals surface area (Å²) >= 11 is 0. The highest BCUT2D eigenvalue weighted by Crippen LogP contribution is 2.62. The zero-order valence-corrected chi connectivity index (χ0v) is 37.1. The number of nitrogens with zero attached hydrogens (tertiary/aromatic N) is 2. The summed E-state index contributed by atoms with van der Waals surface area (Å²) in [5.41, 5.74) is 4.42. The number of hydrogen-bond acceptors (Lipinski definition) is 10. The van der Waals surface area contributed by atoms with Gasteiger partial charge in [-0.2, -0.15) is 0 Å². The molecule has 8 rings (SSSR count). The summed E-state index contributed by atoms with van der Waals surface area (Å²) in [5, 5.41) is 26.9. The number of oxime groups is 1. The topological polar surface area (TPSA) is 136 Å². The maximum atomic E-state index is 14.9. The number of carbonyl (C=O) groups is 2. The van der Waals surface area contributed by atoms with Gasteiger partial charge in [0, 0.05) is 43.7 Å². The zero-order valence-electron chi connectivity index (χ0n) is 37.1. The van der Waals surface area contributed by atoms with E-state index in [1.165, 1.54) is 7.11 Å². The molecule has 1 saturated carbocycles. The third kappa shape index (κ3) is 9.45. The number of aliphatic hydroxyl groups excluding tert-OH is 2. The van der Waals surface area contributed by atoms with Gasteiger partial charge in [-0.15, -0.1) is 6.58 Å². The van der Waals surface area contributed by atoms with Gasteiger partial charge in [0.1, 0.15) is 35.6 Å². The van der Waals surface area contributed by atoms with Gasteiger partial charge >= 0.3 is 0 Å². The molecule has 1 fully saturated rings. The number of hydrogen-bond donors (Lipinski definition) is 2. The Balaban J connectivity index is 1.31. The molecule has 11 heteroatoms. The molecule has 3 aliphatic rings. The standard InChI is InChI=1S/C54H58N2O9/c1-4-28-62-54-50(56(2)53(60)40-21-20-37-16-8-9-17-38(37)29-40)33-47(55-63-35-36-14-6-5-7-15-36)45-31-39(18-10-12-26-57)44(19-11-13-27-58)51(52(45)54)46-32-43(23-25-49(46)65-54)64-42-22-24-48(61-3)41(30-42)34-59/h4-9,14-17,20-25,29-32,34,39,44,50-52,57-58H,1,10-13,18-19,26-28,33,35H2,2-3H3. The van der Waals surface area contributed by atoms with Crippen LogP contribution in [0.2, 0.25) is 0 Å². The Bertz CT molecular complexity index is 2540. The predicted molar refractivity (Wildman–Crippen MR) is 251 cm³/mol. The molecule has 1 aliphatic heterocycles. The van der Waals surface area contributed by atoms with Crippen LogP contribution < -0.4 is 14.2 Å². The minimum atomic E-state index is -1.42. The minimum Gasteiger partial charge on any atom is -0.496 e. The molecule has 0 spiro atoms. The Kier molecular flexibility index (Phi) is 14.4. The number of likely N-dealkylation sites (N-methyl/N-ethyl adjacent to an activating group) is 1. The zero-order chi connectivity index (χ0) is 45.3. The summed E-state index contributed by atoms with van der Waals surface area (Å²) in [5.74, 6) is -0.221. The normalized spacial score (nSPS) is 22.5. The van der Waals surface area contributed by atoms with Gasteiger partial charge in [-0.05, 0) is 108 Å². The van der Waals surface area contributed by atoms with Crippen molar-refractivity contribution in [3.63, 3.8) is 0 Å². The molecule has 2 aliphatic carbocycles. The van der Waals surface area contributed by atoms with Gasteiger partial charge in [0.05, 0.1) is 30.9 Å². The molecular weight excluding hydrogens is 821 g/mol. The van der Waals surface area contributed by atoms with Crippen molar-refractivity contribution in [1.82, 2.24) is 4.90 Å². The number of methoxy groups -OCH3 is 1. The lowest BCUT2D eigenvalue weighted by molar-refractivity contribution is -0.252. The molecule has 1 amide bonds. The highest BCUT2D eigenvalue weighted by atomic mass is 16.7. The quantitative estimate of drug-likeness (QED) is 0.0339. The van der Waals surface area contributed by atoms with Gasteiger partial charge in [0.25, 0.3) is 5.91 Å². The first kappa shape index (κ1) is 45.3. The highest BCUT2D eigenvalue weighted by Gasteiger charge is 2.65. The van der Waals surface area contributed by atoms with Crippen molar-refractivity contribution in [3.05, 3.63) is 156 Å². The van der Waals surface area contributed by atoms with Gasteiger partial charge in [-0.1, -0.05) is 90.8 Å². The van der Waals surface area contributed by atoms with Crippen LogP contribution in [-0.4, -0.2) is 78.8 Å². The maximum absolute atomic E-state index is 14.9. The second-order valence-corrected chi connectivity index (χ2v) is 17.1. The lowest BCUT2D eigenvalue weighted by Crippen LogP contribution is -2.69. The molecule has 0 aromatic heterocycles. The Labute approximate surface area is 380 Å². The molecule has 65 heavy (non-hydrogen) atoms. The Morgan fingerprint density at radius 1 is 0.892 bits per heavy atom. The first-order chi connectivity index (χ1) is 31.8. The molecule has 11 nitrogen and oxygen atoms in total. The number of aliphatic hydroxyl groups is 2. The largest absolute Gasteiger partial charge is 0.496 e. The van der Waals surface area contributed by atoms with Crippen molar-refractivity contribution < 1.29 is 43.6 Å². The lowest BCUT2D eigenvalue weighted by Gasteiger charge is -2.59. The summed E-state index contributed by atoms with van der Waals surface area (Å²) in [6.07, 6.45) is 9.53. The van der Waals surface area contributed by atoms with Crippen molar-refractivity contribution in [2.45, 2.75) is 69.3 Å². The molecule has 0 bridgehead atoms. The summed E-state index contributed by atoms with van der Waals surface area (Å²) in [6.45, 7) is 4.61. The Morgan fingerprint density at radius 2 is 1.63 bits per heavy atom. The van der Waals surface area contributed by atoms with Crippen LogP contribution in [0.25, 0.3) is 10.8 Å². The van der Waals surface area contributed by atoms with E-state index in [0.717, 1.165) is 59.4 Å². The number of allylic oxidation sites excluding steroid dienone is 1. The number of fused-ring (bicyclic) bond motifs is 3. The fraction of sp³-hybridized carbons (Fsp3) is 0.352. The van der Waals surface area contributed by atoms with E-state index < -0.39 is 17.7 Å². The number of ether oxygens (including phenoxy) is 4. The third-order valence-corrected chi connectivity index (χ3v) is 13.2. The molecule has 5 aromatic carbocycles. The van der Waals surface area contributed by atoms with Crippen LogP contribution in [0.3, 0.4) is 0 Å². The summed E-state index contributed by atoms with van der Waals surface area (Å²) in [7, 11) is 3.33. The number of carbonyl (C=O) groups excluding carboxylic acids is 2. The van der Waals surface area contributed by atoms with Gasteiger partial charge in [0.2, 0.25) is 5.79 Å². The average Bonchev–Trinajstić information content (AvgIpc) is 3.34. The van der Waals surface area contributed by atoms with Crippen molar-refractivity contribution in [3.8, 4) is 23.0 Å². The predicted octanol–water partition coefficient (Wildman–Crippen LogP) is 10.1. The molecule has 2 N–H and O–H groups in total. The molecule has 5 aromatic rings. The van der Waals surface area contributed by atoms with E-state index in [1.807, 2.05) is 98.0 Å². The molecule has 0 saturated heterocycles. The van der Waals surface area contributed by atoms with Crippen LogP contribution in [0.15, 0.2) is 139 Å². The summed E-state index contributed by atoms with van der Waals surface area (Å²) in [4.78, 5) is 34.9. The lowest BCUT2D eigenvalue weighted by atomic mass is 9.55. The summed E-state index contributed by atoms with van der Waals surface area (Å²) in [6, 6.07) is 33.8. The summed E-state index contributed by atoms with van der Waals surface area (Å²) < 4.78 is 26.3. The van der Waals surface area contributed by atoms with E-state index in [0.29, 0.717) is 52.7 Å². The number of rotatable bonds is 20. The van der Waals surface area contributed by atoms with Gasteiger partial charge < -0.3 is 38.9 Å². The van der Waals surface area contributed by atoms with Gasteiger partial charge in [-0.3, -0.25) is 9.59 Å². The Hall–Kier alpha value is -6.27. The molecule has 1 heterocycles. The second-order valence-electron chi connectivity index (χ2n) is 17.1. The smallest absolute Gasteiger partial charge is 0.254 e. The molecule has 6 unspecified atom stereocenters. The molecule has 338 valence electrons. The van der Waals surface area contributed by atoms with Crippen molar-refractivity contribution in [1.29, 1.82) is 0 Å². The fourth-order valence-corrected chi connectivity index (χ4v) is 10.2. The van der Waals surface area contributed by atoms with E-state index in [4.69, 9.17) is 28.9 Å². The van der Waals surface area contributed by atoms with Gasteiger partial charge in [-0.25, -0.2) is 0 Å². The van der Waals surface area contributed by atoms with E-state index >= 15 is 0 Å². The average molecular weight is 879 g/mol. The molecule has 6 atom stereocenters. The van der Waals surface area contributed by atoms with Crippen LogP contribution >= 0.6 is 0 Å². The van der Waals surface area contributed by atoms with Crippen LogP contribution in [0, 0.1) is 17.8 Å². The Morgan fingerprint density at radius 3 is 2.38 bits per heavy atom. The van der Waals surface area contributed by atoms with Crippen LogP contribution in [0.5, 0.6) is 23.0 Å². The first-order valence-electron chi connectivity index (χ1n) is 22.6.